The molecule has 7 nitrogen and oxygen atoms in total. The zero-order chi connectivity index (χ0) is 15.8. The lowest BCUT2D eigenvalue weighted by Gasteiger charge is -2.26. The zero-order valence-corrected chi connectivity index (χ0v) is 12.6. The molecule has 2 atom stereocenters. The van der Waals surface area contributed by atoms with Gasteiger partial charge in [-0.1, -0.05) is 20.8 Å². The number of nitrogens with zero attached hydrogens (tertiary/aromatic N) is 3. The lowest BCUT2D eigenvalue weighted by molar-refractivity contribution is -0.124. The number of carboxylic acid groups (broad SMARTS) is 1. The van der Waals surface area contributed by atoms with Crippen LogP contribution in [0.1, 0.15) is 34.1 Å². The van der Waals surface area contributed by atoms with Crippen LogP contribution in [0.4, 0.5) is 4.79 Å². The van der Waals surface area contributed by atoms with E-state index in [4.69, 9.17) is 0 Å². The Labute approximate surface area is 123 Å². The van der Waals surface area contributed by atoms with Gasteiger partial charge < -0.3 is 10.4 Å². The highest BCUT2D eigenvalue weighted by Gasteiger charge is 2.45. The molecule has 0 bridgehead atoms. The van der Waals surface area contributed by atoms with Crippen LogP contribution in [0.3, 0.4) is 0 Å². The molecular weight excluding hydrogens is 272 g/mol. The Balaban J connectivity index is 2.34. The van der Waals surface area contributed by atoms with Gasteiger partial charge in [-0.05, 0) is 24.8 Å². The van der Waals surface area contributed by atoms with Gasteiger partial charge >= 0.3 is 6.09 Å². The maximum absolute atomic E-state index is 12.1. The molecular formula is C14H20N4O3. The van der Waals surface area contributed by atoms with Gasteiger partial charge in [-0.3, -0.25) is 19.7 Å². The molecule has 0 fully saturated rings. The summed E-state index contributed by atoms with van der Waals surface area (Å²) in [6.45, 7) is 7.47. The van der Waals surface area contributed by atoms with Crippen LogP contribution in [0.15, 0.2) is 21.8 Å². The molecule has 2 aliphatic rings. The molecule has 21 heavy (non-hydrogen) atoms. The molecule has 0 saturated heterocycles. The lowest BCUT2D eigenvalue weighted by Crippen LogP contribution is -2.47. The summed E-state index contributed by atoms with van der Waals surface area (Å²) in [5, 5.41) is 12.0. The van der Waals surface area contributed by atoms with Gasteiger partial charge in [0.2, 0.25) is 0 Å². The molecule has 0 aliphatic carbocycles. The Morgan fingerprint density at radius 2 is 2.24 bits per heavy atom. The number of hydrogen-bond acceptors (Lipinski definition) is 4. The van der Waals surface area contributed by atoms with Gasteiger partial charge in [-0.2, -0.15) is 0 Å². The van der Waals surface area contributed by atoms with Crippen molar-refractivity contribution in [3.63, 3.8) is 0 Å². The number of aliphatic imine (C=N–C) groups is 2. The van der Waals surface area contributed by atoms with Gasteiger partial charge in [-0.25, -0.2) is 4.79 Å². The Kier molecular flexibility index (Phi) is 3.85. The molecule has 0 aromatic carbocycles. The first-order chi connectivity index (χ1) is 9.79. The van der Waals surface area contributed by atoms with Crippen molar-refractivity contribution in [1.82, 2.24) is 10.2 Å². The first kappa shape index (κ1) is 15.2. The number of carbonyl (C=O) groups is 2. The molecule has 0 radical (unpaired) electrons. The van der Waals surface area contributed by atoms with E-state index in [2.05, 4.69) is 15.3 Å². The number of allylic oxidation sites excluding steroid dienone is 1. The van der Waals surface area contributed by atoms with E-state index < -0.39 is 17.8 Å². The first-order valence-electron chi connectivity index (χ1n) is 6.96. The van der Waals surface area contributed by atoms with Crippen molar-refractivity contribution >= 4 is 24.1 Å². The second-order valence-electron chi connectivity index (χ2n) is 5.65. The number of rotatable bonds is 3. The summed E-state index contributed by atoms with van der Waals surface area (Å²) in [5.41, 5.74) is -0.0748. The van der Waals surface area contributed by atoms with Crippen molar-refractivity contribution in [3.8, 4) is 0 Å². The molecule has 0 aromatic rings. The van der Waals surface area contributed by atoms with Crippen LogP contribution in [0.25, 0.3) is 0 Å². The predicted octanol–water partition coefficient (Wildman–Crippen LogP) is 1.61. The molecule has 0 saturated carbocycles. The van der Waals surface area contributed by atoms with Crippen LogP contribution < -0.4 is 5.32 Å². The molecule has 2 aliphatic heterocycles. The van der Waals surface area contributed by atoms with Gasteiger partial charge in [0.05, 0.1) is 0 Å². The minimum absolute atomic E-state index is 0.00240. The van der Waals surface area contributed by atoms with Gasteiger partial charge in [0.25, 0.3) is 5.91 Å². The third kappa shape index (κ3) is 2.55. The molecule has 2 N–H and O–H groups in total. The molecule has 114 valence electrons. The summed E-state index contributed by atoms with van der Waals surface area (Å²) >= 11 is 0. The monoisotopic (exact) mass is 292 g/mol. The quantitative estimate of drug-likeness (QED) is 0.827. The SMILES string of the molecule is CCC1=CN(C(=O)O)C(C2=NC(C)(C(C)C)C(=O)N2)N=C1. The molecule has 7 heteroatoms. The van der Waals surface area contributed by atoms with E-state index in [0.29, 0.717) is 6.42 Å². The van der Waals surface area contributed by atoms with E-state index in [-0.39, 0.29) is 17.7 Å². The molecule has 2 heterocycles. The lowest BCUT2D eigenvalue weighted by atomic mass is 9.89. The smallest absolute Gasteiger partial charge is 0.413 e. The van der Waals surface area contributed by atoms with E-state index in [9.17, 15) is 14.7 Å². The number of hydrogen-bond donors (Lipinski definition) is 2. The van der Waals surface area contributed by atoms with Crippen molar-refractivity contribution in [3.05, 3.63) is 11.8 Å². The average Bonchev–Trinajstić information content (AvgIpc) is 2.75. The van der Waals surface area contributed by atoms with Gasteiger partial charge in [0.15, 0.2) is 12.0 Å². The second kappa shape index (κ2) is 5.31. The standard InChI is InChI=1S/C14H20N4O3/c1-5-9-6-15-11(18(7-9)13(20)21)10-16-12(19)14(4,17-10)8(2)3/h6-8,11H,5H2,1-4H3,(H,20,21)(H,16,17,19). The van der Waals surface area contributed by atoms with Crippen LogP contribution >= 0.6 is 0 Å². The molecule has 2 amide bonds. The topological polar surface area (TPSA) is 94.4 Å². The van der Waals surface area contributed by atoms with E-state index in [1.54, 1.807) is 13.1 Å². The minimum Gasteiger partial charge on any atom is -0.465 e. The molecule has 2 unspecified atom stereocenters. The fraction of sp³-hybridized carbons (Fsp3) is 0.571. The van der Waals surface area contributed by atoms with Crippen molar-refractivity contribution in [2.75, 3.05) is 0 Å². The van der Waals surface area contributed by atoms with E-state index in [0.717, 1.165) is 10.5 Å². The van der Waals surface area contributed by atoms with Crippen LogP contribution in [0.5, 0.6) is 0 Å². The van der Waals surface area contributed by atoms with Crippen LogP contribution in [-0.2, 0) is 4.79 Å². The maximum atomic E-state index is 12.1. The Bertz CT molecular complexity index is 565. The fourth-order valence-corrected chi connectivity index (χ4v) is 2.15. The van der Waals surface area contributed by atoms with Crippen molar-refractivity contribution in [2.45, 2.75) is 45.8 Å². The van der Waals surface area contributed by atoms with E-state index in [1.807, 2.05) is 20.8 Å². The molecule has 0 aromatic heterocycles. The van der Waals surface area contributed by atoms with Crippen LogP contribution in [0.2, 0.25) is 0 Å². The van der Waals surface area contributed by atoms with Crippen LogP contribution in [0, 0.1) is 5.92 Å². The number of carbonyl (C=O) groups excluding carboxylic acids is 1. The third-order valence-corrected chi connectivity index (χ3v) is 4.00. The maximum Gasteiger partial charge on any atom is 0.413 e. The van der Waals surface area contributed by atoms with Crippen LogP contribution in [-0.4, -0.2) is 45.8 Å². The zero-order valence-electron chi connectivity index (χ0n) is 12.6. The van der Waals surface area contributed by atoms with Crippen molar-refractivity contribution in [1.29, 1.82) is 0 Å². The number of nitrogens with one attached hydrogen (secondary N) is 1. The summed E-state index contributed by atoms with van der Waals surface area (Å²) < 4.78 is 0. The van der Waals surface area contributed by atoms with E-state index in [1.165, 1.54) is 6.20 Å². The first-order valence-corrected chi connectivity index (χ1v) is 6.96. The fourth-order valence-electron chi connectivity index (χ4n) is 2.15. The van der Waals surface area contributed by atoms with Gasteiger partial charge in [-0.15, -0.1) is 0 Å². The summed E-state index contributed by atoms with van der Waals surface area (Å²) in [6.07, 6.45) is 1.88. The number of amidine groups is 1. The Hall–Kier alpha value is -2.18. The highest BCUT2D eigenvalue weighted by atomic mass is 16.4. The highest BCUT2D eigenvalue weighted by Crippen LogP contribution is 2.27. The summed E-state index contributed by atoms with van der Waals surface area (Å²) in [7, 11) is 0. The summed E-state index contributed by atoms with van der Waals surface area (Å²) in [5.74, 6) is 0.0575. The van der Waals surface area contributed by atoms with Gasteiger partial charge in [0.1, 0.15) is 5.54 Å². The van der Waals surface area contributed by atoms with Gasteiger partial charge in [0, 0.05) is 12.4 Å². The highest BCUT2D eigenvalue weighted by molar-refractivity contribution is 6.11. The number of amides is 2. The Morgan fingerprint density at radius 3 is 2.71 bits per heavy atom. The van der Waals surface area contributed by atoms with Crippen molar-refractivity contribution < 1.29 is 14.7 Å². The van der Waals surface area contributed by atoms with Crippen molar-refractivity contribution in [2.24, 2.45) is 15.9 Å². The molecule has 0 spiro atoms. The third-order valence-electron chi connectivity index (χ3n) is 4.00. The largest absolute Gasteiger partial charge is 0.465 e. The predicted molar refractivity (Wildman–Crippen MR) is 79.3 cm³/mol. The Morgan fingerprint density at radius 1 is 1.57 bits per heavy atom. The summed E-state index contributed by atoms with van der Waals surface area (Å²) in [6, 6.07) is 0. The average molecular weight is 292 g/mol. The minimum atomic E-state index is -1.13. The second-order valence-corrected chi connectivity index (χ2v) is 5.65. The van der Waals surface area contributed by atoms with E-state index >= 15 is 0 Å². The summed E-state index contributed by atoms with van der Waals surface area (Å²) in [4.78, 5) is 33.2. The normalized spacial score (nSPS) is 28.5. The molecule has 2 rings (SSSR count).